The Bertz CT molecular complexity index is 335. The summed E-state index contributed by atoms with van der Waals surface area (Å²) in [5, 5.41) is 8.82. The molecule has 0 aromatic carbocycles. The van der Waals surface area contributed by atoms with E-state index < -0.39 is 5.97 Å². The average Bonchev–Trinajstić information content (AvgIpc) is 2.87. The molecule has 0 aromatic heterocycles. The van der Waals surface area contributed by atoms with Gasteiger partial charge < -0.3 is 10.0 Å². The van der Waals surface area contributed by atoms with Crippen LogP contribution >= 0.6 is 11.8 Å². The van der Waals surface area contributed by atoms with Crippen LogP contribution in [-0.4, -0.2) is 46.0 Å². The predicted molar refractivity (Wildman–Crippen MR) is 71.7 cm³/mol. The number of carbonyl (C=O) groups is 2. The van der Waals surface area contributed by atoms with Gasteiger partial charge in [0.25, 0.3) is 0 Å². The third kappa shape index (κ3) is 3.40. The molecule has 2 fully saturated rings. The monoisotopic (exact) mass is 271 g/mol. The second-order valence-electron chi connectivity index (χ2n) is 5.56. The number of nitrogens with zero attached hydrogens (tertiary/aromatic N) is 1. The van der Waals surface area contributed by atoms with Gasteiger partial charge in [0.15, 0.2) is 0 Å². The Balaban J connectivity index is 1.75. The summed E-state index contributed by atoms with van der Waals surface area (Å²) in [5.74, 6) is 0.315. The van der Waals surface area contributed by atoms with Crippen LogP contribution in [-0.2, 0) is 9.59 Å². The first-order valence-corrected chi connectivity index (χ1v) is 7.69. The number of carboxylic acids is 1. The average molecular weight is 271 g/mol. The standard InChI is InChI=1S/C13H21NO3S/c1-10(12(17)14-6-2-3-7-14)18-9-13(4-5-13)8-11(15)16/h10H,2-9H2,1H3,(H,15,16). The number of likely N-dealkylation sites (tertiary alicyclic amines) is 1. The molecule has 1 aliphatic heterocycles. The molecule has 0 bridgehead atoms. The fraction of sp³-hybridized carbons (Fsp3) is 0.846. The molecule has 5 heteroatoms. The van der Waals surface area contributed by atoms with Crippen molar-refractivity contribution in [2.24, 2.45) is 5.41 Å². The molecule has 4 nitrogen and oxygen atoms in total. The van der Waals surface area contributed by atoms with E-state index in [4.69, 9.17) is 5.11 Å². The van der Waals surface area contributed by atoms with Crippen LogP contribution in [0.2, 0.25) is 0 Å². The van der Waals surface area contributed by atoms with Gasteiger partial charge in [0.05, 0.1) is 11.7 Å². The van der Waals surface area contributed by atoms with Crippen LogP contribution in [0, 0.1) is 5.41 Å². The van der Waals surface area contributed by atoms with Crippen molar-refractivity contribution in [3.05, 3.63) is 0 Å². The molecule has 102 valence electrons. The van der Waals surface area contributed by atoms with E-state index in [1.807, 2.05) is 11.8 Å². The highest BCUT2D eigenvalue weighted by atomic mass is 32.2. The maximum Gasteiger partial charge on any atom is 0.303 e. The quantitative estimate of drug-likeness (QED) is 0.802. The molecular formula is C13H21NO3S. The lowest BCUT2D eigenvalue weighted by atomic mass is 10.1. The molecule has 1 unspecified atom stereocenters. The first kappa shape index (κ1) is 13.7. The Morgan fingerprint density at radius 3 is 2.44 bits per heavy atom. The molecule has 18 heavy (non-hydrogen) atoms. The third-order valence-electron chi connectivity index (χ3n) is 3.89. The van der Waals surface area contributed by atoms with Gasteiger partial charge in [-0.15, -0.1) is 11.8 Å². The van der Waals surface area contributed by atoms with Gasteiger partial charge in [0.2, 0.25) is 5.91 Å². The zero-order valence-electron chi connectivity index (χ0n) is 10.9. The second-order valence-corrected chi connectivity index (χ2v) is 6.89. The molecular weight excluding hydrogens is 250 g/mol. The van der Waals surface area contributed by atoms with Gasteiger partial charge in [-0.1, -0.05) is 0 Å². The Labute approximate surface area is 112 Å². The molecule has 1 aliphatic carbocycles. The number of rotatable bonds is 6. The molecule has 0 radical (unpaired) electrons. The number of amides is 1. The van der Waals surface area contributed by atoms with Gasteiger partial charge in [-0.25, -0.2) is 0 Å². The Morgan fingerprint density at radius 1 is 1.33 bits per heavy atom. The van der Waals surface area contributed by atoms with E-state index in [2.05, 4.69) is 0 Å². The van der Waals surface area contributed by atoms with E-state index in [0.717, 1.165) is 44.5 Å². The summed E-state index contributed by atoms with van der Waals surface area (Å²) < 4.78 is 0. The zero-order chi connectivity index (χ0) is 13.2. The normalized spacial score (nSPS) is 22.8. The van der Waals surface area contributed by atoms with E-state index in [9.17, 15) is 9.59 Å². The van der Waals surface area contributed by atoms with Crippen LogP contribution in [0.5, 0.6) is 0 Å². The molecule has 0 aromatic rings. The largest absolute Gasteiger partial charge is 0.481 e. The van der Waals surface area contributed by atoms with Crippen LogP contribution in [0.15, 0.2) is 0 Å². The van der Waals surface area contributed by atoms with Crippen molar-refractivity contribution < 1.29 is 14.7 Å². The lowest BCUT2D eigenvalue weighted by Gasteiger charge is -2.21. The number of carbonyl (C=O) groups excluding carboxylic acids is 1. The summed E-state index contributed by atoms with van der Waals surface area (Å²) in [4.78, 5) is 24.8. The first-order valence-electron chi connectivity index (χ1n) is 6.65. The van der Waals surface area contributed by atoms with Crippen molar-refractivity contribution in [1.82, 2.24) is 4.90 Å². The zero-order valence-corrected chi connectivity index (χ0v) is 11.7. The van der Waals surface area contributed by atoms with Gasteiger partial charge in [0.1, 0.15) is 0 Å². The second kappa shape index (κ2) is 5.51. The fourth-order valence-electron chi connectivity index (χ4n) is 2.44. The SMILES string of the molecule is CC(SCC1(CC(=O)O)CC1)C(=O)N1CCCC1. The van der Waals surface area contributed by atoms with Crippen LogP contribution in [0.4, 0.5) is 0 Å². The van der Waals surface area contributed by atoms with E-state index in [0.29, 0.717) is 0 Å². The minimum Gasteiger partial charge on any atom is -0.481 e. The van der Waals surface area contributed by atoms with Gasteiger partial charge in [-0.05, 0) is 38.0 Å². The van der Waals surface area contributed by atoms with Crippen molar-refractivity contribution in [2.75, 3.05) is 18.8 Å². The van der Waals surface area contributed by atoms with Gasteiger partial charge >= 0.3 is 5.97 Å². The molecule has 2 aliphatic rings. The van der Waals surface area contributed by atoms with Gasteiger partial charge in [0, 0.05) is 18.8 Å². The van der Waals surface area contributed by atoms with E-state index >= 15 is 0 Å². The van der Waals surface area contributed by atoms with E-state index in [-0.39, 0.29) is 23.0 Å². The molecule has 0 spiro atoms. The highest BCUT2D eigenvalue weighted by Gasteiger charge is 2.44. The predicted octanol–water partition coefficient (Wildman–Crippen LogP) is 1.99. The number of hydrogen-bond donors (Lipinski definition) is 1. The van der Waals surface area contributed by atoms with Crippen LogP contribution in [0.3, 0.4) is 0 Å². The minimum atomic E-state index is -0.716. The number of carboxylic acid groups (broad SMARTS) is 1. The summed E-state index contributed by atoms with van der Waals surface area (Å²) >= 11 is 1.63. The smallest absolute Gasteiger partial charge is 0.303 e. The van der Waals surface area contributed by atoms with Gasteiger partial charge in [-0.3, -0.25) is 9.59 Å². The number of thioether (sulfide) groups is 1. The number of hydrogen-bond acceptors (Lipinski definition) is 3. The molecule has 2 rings (SSSR count). The fourth-order valence-corrected chi connectivity index (χ4v) is 3.72. The molecule has 1 N–H and O–H groups in total. The molecule has 1 atom stereocenters. The van der Waals surface area contributed by atoms with Crippen LogP contribution < -0.4 is 0 Å². The molecule has 1 saturated carbocycles. The lowest BCUT2D eigenvalue weighted by molar-refractivity contribution is -0.138. The summed E-state index contributed by atoms with van der Waals surface area (Å²) in [5.41, 5.74) is -0.0178. The van der Waals surface area contributed by atoms with E-state index in [1.165, 1.54) is 0 Å². The van der Waals surface area contributed by atoms with Crippen LogP contribution in [0.1, 0.15) is 39.0 Å². The molecule has 1 amide bonds. The van der Waals surface area contributed by atoms with Crippen molar-refractivity contribution in [1.29, 1.82) is 0 Å². The van der Waals surface area contributed by atoms with Crippen molar-refractivity contribution in [2.45, 2.75) is 44.3 Å². The highest BCUT2D eigenvalue weighted by Crippen LogP contribution is 2.51. The van der Waals surface area contributed by atoms with Crippen molar-refractivity contribution >= 4 is 23.6 Å². The van der Waals surface area contributed by atoms with Crippen molar-refractivity contribution in [3.63, 3.8) is 0 Å². The maximum absolute atomic E-state index is 12.1. The van der Waals surface area contributed by atoms with Crippen LogP contribution in [0.25, 0.3) is 0 Å². The van der Waals surface area contributed by atoms with E-state index in [1.54, 1.807) is 11.8 Å². The summed E-state index contributed by atoms with van der Waals surface area (Å²) in [7, 11) is 0. The highest BCUT2D eigenvalue weighted by molar-refractivity contribution is 8.00. The first-order chi connectivity index (χ1) is 8.52. The summed E-state index contributed by atoms with van der Waals surface area (Å²) in [6, 6.07) is 0. The number of aliphatic carboxylic acids is 1. The maximum atomic E-state index is 12.1. The van der Waals surface area contributed by atoms with Crippen molar-refractivity contribution in [3.8, 4) is 0 Å². The summed E-state index contributed by atoms with van der Waals surface area (Å²) in [6.45, 7) is 3.73. The Kier molecular flexibility index (Phi) is 4.20. The minimum absolute atomic E-state index is 0.0178. The summed E-state index contributed by atoms with van der Waals surface area (Å²) in [6.07, 6.45) is 4.48. The topological polar surface area (TPSA) is 57.6 Å². The molecule has 1 heterocycles. The third-order valence-corrected chi connectivity index (χ3v) is 5.37. The molecule has 1 saturated heterocycles. The van der Waals surface area contributed by atoms with Gasteiger partial charge in [-0.2, -0.15) is 0 Å². The lowest BCUT2D eigenvalue weighted by Crippen LogP contribution is -2.34. The Hall–Kier alpha value is -0.710. The Morgan fingerprint density at radius 2 is 1.94 bits per heavy atom.